The quantitative estimate of drug-likeness (QED) is 0.900. The van der Waals surface area contributed by atoms with Gasteiger partial charge in [-0.2, -0.15) is 5.10 Å². The minimum atomic E-state index is -0.0815. The highest BCUT2D eigenvalue weighted by atomic mass is 16.2. The van der Waals surface area contributed by atoms with Gasteiger partial charge in [0.15, 0.2) is 0 Å². The Morgan fingerprint density at radius 3 is 2.56 bits per heavy atom. The summed E-state index contributed by atoms with van der Waals surface area (Å²) < 4.78 is 1.74. The van der Waals surface area contributed by atoms with Crippen molar-refractivity contribution >= 4 is 6.03 Å². The van der Waals surface area contributed by atoms with E-state index in [2.05, 4.69) is 34.7 Å². The zero-order valence-electron chi connectivity index (χ0n) is 15.2. The van der Waals surface area contributed by atoms with Gasteiger partial charge in [0.25, 0.3) is 0 Å². The minimum Gasteiger partial charge on any atom is -0.334 e. The Morgan fingerprint density at radius 1 is 1.20 bits per heavy atom. The van der Waals surface area contributed by atoms with E-state index in [1.807, 2.05) is 19.3 Å². The van der Waals surface area contributed by atoms with E-state index in [4.69, 9.17) is 0 Å². The first-order valence-corrected chi connectivity index (χ1v) is 9.18. The molecule has 1 aromatic heterocycles. The lowest BCUT2D eigenvalue weighted by atomic mass is 9.84. The summed E-state index contributed by atoms with van der Waals surface area (Å²) in [5, 5.41) is 7.28. The molecule has 1 aliphatic rings. The Morgan fingerprint density at radius 2 is 1.92 bits per heavy atom. The van der Waals surface area contributed by atoms with E-state index in [1.165, 1.54) is 37.7 Å². The third kappa shape index (κ3) is 4.84. The zero-order chi connectivity index (χ0) is 17.6. The Hall–Kier alpha value is -2.30. The van der Waals surface area contributed by atoms with Crippen molar-refractivity contribution in [2.75, 3.05) is 7.05 Å². The average molecular weight is 340 g/mol. The lowest BCUT2D eigenvalue weighted by molar-refractivity contribution is 0.206. The Labute approximate surface area is 150 Å². The van der Waals surface area contributed by atoms with Crippen LogP contribution in [0.2, 0.25) is 0 Å². The van der Waals surface area contributed by atoms with Gasteiger partial charge in [0.2, 0.25) is 0 Å². The second-order valence-corrected chi connectivity index (χ2v) is 7.07. The maximum absolute atomic E-state index is 12.2. The summed E-state index contributed by atoms with van der Waals surface area (Å²) in [7, 11) is 3.66. The van der Waals surface area contributed by atoms with Crippen LogP contribution in [0.3, 0.4) is 0 Å². The van der Waals surface area contributed by atoms with Crippen molar-refractivity contribution in [2.45, 2.75) is 51.1 Å². The van der Waals surface area contributed by atoms with E-state index in [9.17, 15) is 4.79 Å². The summed E-state index contributed by atoms with van der Waals surface area (Å²) in [6.07, 6.45) is 8.60. The molecule has 1 saturated carbocycles. The predicted octanol–water partition coefficient (Wildman–Crippen LogP) is 3.81. The molecule has 0 aliphatic heterocycles. The van der Waals surface area contributed by atoms with Gasteiger partial charge in [-0.25, -0.2) is 4.79 Å². The van der Waals surface area contributed by atoms with Gasteiger partial charge in [0.05, 0.1) is 12.2 Å². The first kappa shape index (κ1) is 17.5. The molecule has 0 saturated heterocycles. The molecule has 0 bridgehead atoms. The summed E-state index contributed by atoms with van der Waals surface area (Å²) >= 11 is 0. The standard InChI is InChI=1S/C20H28N4O/c1-23(15-19-12-13-24(2)22-19)20(25)21-14-16-8-10-18(11-9-16)17-6-4-3-5-7-17/h8-13,17H,3-7,14-15H2,1-2H3,(H,21,25). The summed E-state index contributed by atoms with van der Waals surface area (Å²) in [6, 6.07) is 10.6. The molecule has 2 aromatic rings. The summed E-state index contributed by atoms with van der Waals surface area (Å²) in [6.45, 7) is 1.06. The van der Waals surface area contributed by atoms with Crippen LogP contribution in [0.4, 0.5) is 4.79 Å². The highest BCUT2D eigenvalue weighted by Crippen LogP contribution is 2.32. The van der Waals surface area contributed by atoms with E-state index in [-0.39, 0.29) is 6.03 Å². The number of aromatic nitrogens is 2. The number of aryl methyl sites for hydroxylation is 1. The van der Waals surface area contributed by atoms with Crippen molar-refractivity contribution in [1.82, 2.24) is 20.0 Å². The molecule has 134 valence electrons. The summed E-state index contributed by atoms with van der Waals surface area (Å²) in [5.74, 6) is 0.724. The number of rotatable bonds is 5. The average Bonchev–Trinajstić information content (AvgIpc) is 3.05. The monoisotopic (exact) mass is 340 g/mol. The van der Waals surface area contributed by atoms with Crippen LogP contribution in [0.25, 0.3) is 0 Å². The van der Waals surface area contributed by atoms with Crippen LogP contribution in [0, 0.1) is 0 Å². The second-order valence-electron chi connectivity index (χ2n) is 7.07. The largest absolute Gasteiger partial charge is 0.334 e. The van der Waals surface area contributed by atoms with Crippen LogP contribution >= 0.6 is 0 Å². The minimum absolute atomic E-state index is 0.0815. The molecule has 0 spiro atoms. The first-order chi connectivity index (χ1) is 12.1. The molecule has 25 heavy (non-hydrogen) atoms. The fourth-order valence-corrected chi connectivity index (χ4v) is 3.52. The summed E-state index contributed by atoms with van der Waals surface area (Å²) in [5.41, 5.74) is 3.47. The fraction of sp³-hybridized carbons (Fsp3) is 0.500. The molecule has 1 aliphatic carbocycles. The van der Waals surface area contributed by atoms with Crippen molar-refractivity contribution in [2.24, 2.45) is 7.05 Å². The van der Waals surface area contributed by atoms with E-state index < -0.39 is 0 Å². The van der Waals surface area contributed by atoms with Crippen LogP contribution in [0.15, 0.2) is 36.5 Å². The molecule has 1 fully saturated rings. The van der Waals surface area contributed by atoms with Gasteiger partial charge >= 0.3 is 6.03 Å². The van der Waals surface area contributed by atoms with E-state index >= 15 is 0 Å². The van der Waals surface area contributed by atoms with Crippen molar-refractivity contribution in [3.05, 3.63) is 53.3 Å². The second kappa shape index (κ2) is 8.19. The first-order valence-electron chi connectivity index (χ1n) is 9.18. The normalized spacial score (nSPS) is 15.1. The Bertz CT molecular complexity index is 686. The third-order valence-electron chi connectivity index (χ3n) is 5.01. The fourth-order valence-electron chi connectivity index (χ4n) is 3.52. The van der Waals surface area contributed by atoms with Crippen LogP contribution in [-0.4, -0.2) is 27.8 Å². The molecule has 1 aromatic carbocycles. The number of nitrogens with zero attached hydrogens (tertiary/aromatic N) is 3. The van der Waals surface area contributed by atoms with Crippen LogP contribution in [-0.2, 0) is 20.1 Å². The lowest BCUT2D eigenvalue weighted by Crippen LogP contribution is -2.36. The Kier molecular flexibility index (Phi) is 5.74. The molecule has 5 heteroatoms. The predicted molar refractivity (Wildman–Crippen MR) is 99.2 cm³/mol. The van der Waals surface area contributed by atoms with Crippen molar-refractivity contribution in [3.8, 4) is 0 Å². The van der Waals surface area contributed by atoms with Crippen LogP contribution < -0.4 is 5.32 Å². The molecule has 1 heterocycles. The van der Waals surface area contributed by atoms with Gasteiger partial charge in [-0.15, -0.1) is 0 Å². The van der Waals surface area contributed by atoms with Gasteiger partial charge in [0.1, 0.15) is 0 Å². The highest BCUT2D eigenvalue weighted by molar-refractivity contribution is 5.73. The van der Waals surface area contributed by atoms with Crippen LogP contribution in [0.1, 0.15) is 54.8 Å². The van der Waals surface area contributed by atoms with Crippen LogP contribution in [0.5, 0.6) is 0 Å². The number of hydrogen-bond donors (Lipinski definition) is 1. The Balaban J connectivity index is 1.48. The number of hydrogen-bond acceptors (Lipinski definition) is 2. The number of amides is 2. The smallest absolute Gasteiger partial charge is 0.317 e. The maximum atomic E-state index is 12.2. The third-order valence-corrected chi connectivity index (χ3v) is 5.01. The number of benzene rings is 1. The van der Waals surface area contributed by atoms with Gasteiger partial charge in [-0.1, -0.05) is 43.5 Å². The van der Waals surface area contributed by atoms with Crippen molar-refractivity contribution in [3.63, 3.8) is 0 Å². The molecule has 3 rings (SSSR count). The van der Waals surface area contributed by atoms with E-state index in [1.54, 1.807) is 16.6 Å². The van der Waals surface area contributed by atoms with E-state index in [0.29, 0.717) is 13.1 Å². The number of nitrogens with one attached hydrogen (secondary N) is 1. The lowest BCUT2D eigenvalue weighted by Gasteiger charge is -2.22. The van der Waals surface area contributed by atoms with Crippen molar-refractivity contribution in [1.29, 1.82) is 0 Å². The number of carbonyl (C=O) groups is 1. The molecule has 1 N–H and O–H groups in total. The molecule has 2 amide bonds. The molecule has 0 radical (unpaired) electrons. The molecular formula is C20H28N4O. The van der Waals surface area contributed by atoms with Gasteiger partial charge in [0, 0.05) is 26.8 Å². The SMILES string of the molecule is CN(Cc1ccn(C)n1)C(=O)NCc1ccc(C2CCCCC2)cc1. The highest BCUT2D eigenvalue weighted by Gasteiger charge is 2.15. The number of urea groups is 1. The molecule has 0 atom stereocenters. The molecular weight excluding hydrogens is 312 g/mol. The zero-order valence-corrected chi connectivity index (χ0v) is 15.2. The topological polar surface area (TPSA) is 50.2 Å². The van der Waals surface area contributed by atoms with Gasteiger partial charge in [-0.05, 0) is 36.0 Å². The van der Waals surface area contributed by atoms with Gasteiger partial charge in [-0.3, -0.25) is 4.68 Å². The maximum Gasteiger partial charge on any atom is 0.317 e. The number of carbonyl (C=O) groups excluding carboxylic acids is 1. The van der Waals surface area contributed by atoms with Crippen molar-refractivity contribution < 1.29 is 4.79 Å². The van der Waals surface area contributed by atoms with Gasteiger partial charge < -0.3 is 10.2 Å². The molecule has 0 unspecified atom stereocenters. The van der Waals surface area contributed by atoms with E-state index in [0.717, 1.165) is 17.2 Å². The molecule has 5 nitrogen and oxygen atoms in total. The summed E-state index contributed by atoms with van der Waals surface area (Å²) in [4.78, 5) is 13.9.